The maximum absolute atomic E-state index is 5.29. The van der Waals surface area contributed by atoms with Gasteiger partial charge in [-0.3, -0.25) is 0 Å². The molecule has 0 aliphatic heterocycles. The lowest BCUT2D eigenvalue weighted by molar-refractivity contribution is 1.16. The molecule has 6 heteroatoms. The molecule has 0 fully saturated rings. The fourth-order valence-electron chi connectivity index (χ4n) is 9.06. The van der Waals surface area contributed by atoms with Gasteiger partial charge >= 0.3 is 0 Å². The molecule has 2 heterocycles. The van der Waals surface area contributed by atoms with E-state index in [1.807, 2.05) is 24.3 Å². The molecule has 66 heavy (non-hydrogen) atoms. The number of hydrogen-bond donors (Lipinski definition) is 0. The molecular weight excluding hydrogens is 805 g/mol. The molecule has 2 aromatic heterocycles. The van der Waals surface area contributed by atoms with E-state index in [4.69, 9.17) is 19.9 Å². The van der Waals surface area contributed by atoms with E-state index >= 15 is 0 Å². The molecule has 9 aromatic carbocycles. The van der Waals surface area contributed by atoms with Crippen molar-refractivity contribution in [1.29, 1.82) is 0 Å². The average Bonchev–Trinajstić information content (AvgIpc) is 3.72. The van der Waals surface area contributed by atoms with E-state index in [0.29, 0.717) is 17.3 Å². The fourth-order valence-corrected chi connectivity index (χ4v) is 9.06. The summed E-state index contributed by atoms with van der Waals surface area (Å²) in [5, 5.41) is 0.866. The highest BCUT2D eigenvalue weighted by atomic mass is 15.1. The Hall–Kier alpha value is -9.00. The van der Waals surface area contributed by atoms with Crippen molar-refractivity contribution in [1.82, 2.24) is 19.9 Å². The third-order valence-electron chi connectivity index (χ3n) is 12.2. The fraction of sp³-hybridized carbons (Fsp3) is 0. The summed E-state index contributed by atoms with van der Waals surface area (Å²) >= 11 is 0. The Bertz CT molecular complexity index is 3280. The van der Waals surface area contributed by atoms with Gasteiger partial charge in [-0.05, 0) is 95.1 Å². The molecule has 0 bridgehead atoms. The third kappa shape index (κ3) is 7.13. The lowest BCUT2D eigenvalue weighted by Gasteiger charge is -2.26. The molecule has 12 rings (SSSR count). The zero-order chi connectivity index (χ0) is 43.8. The van der Waals surface area contributed by atoms with E-state index in [1.165, 1.54) is 22.3 Å². The maximum atomic E-state index is 5.29. The second kappa shape index (κ2) is 16.6. The number of aromatic nitrogens is 4. The van der Waals surface area contributed by atoms with Crippen LogP contribution in [-0.4, -0.2) is 19.9 Å². The van der Waals surface area contributed by atoms with E-state index < -0.39 is 0 Å². The van der Waals surface area contributed by atoms with Crippen molar-refractivity contribution in [3.05, 3.63) is 243 Å². The molecule has 1 aliphatic carbocycles. The Morgan fingerprint density at radius 1 is 0.242 bits per heavy atom. The second-order valence-corrected chi connectivity index (χ2v) is 16.3. The van der Waals surface area contributed by atoms with Crippen molar-refractivity contribution in [2.45, 2.75) is 0 Å². The summed E-state index contributed by atoms with van der Waals surface area (Å²) in [5.74, 6) is 1.20. The first-order chi connectivity index (χ1) is 32.7. The Morgan fingerprint density at radius 2 is 0.561 bits per heavy atom. The van der Waals surface area contributed by atoms with Gasteiger partial charge in [0.1, 0.15) is 0 Å². The highest BCUT2D eigenvalue weighted by Crippen LogP contribution is 2.46. The first-order valence-electron chi connectivity index (χ1n) is 22.1. The predicted octanol–water partition coefficient (Wildman–Crippen LogP) is 15.7. The van der Waals surface area contributed by atoms with Crippen LogP contribution in [-0.2, 0) is 0 Å². The van der Waals surface area contributed by atoms with Crippen LogP contribution in [0.15, 0.2) is 243 Å². The summed E-state index contributed by atoms with van der Waals surface area (Å²) in [5.41, 5.74) is 17.0. The normalized spacial score (nSPS) is 11.3. The molecule has 0 saturated heterocycles. The van der Waals surface area contributed by atoms with E-state index in [-0.39, 0.29) is 0 Å². The minimum atomic E-state index is 0.599. The molecule has 6 nitrogen and oxygen atoms in total. The van der Waals surface area contributed by atoms with Gasteiger partial charge in [-0.1, -0.05) is 170 Å². The van der Waals surface area contributed by atoms with Gasteiger partial charge in [0.05, 0.1) is 16.8 Å². The second-order valence-electron chi connectivity index (χ2n) is 16.3. The molecule has 310 valence electrons. The van der Waals surface area contributed by atoms with Gasteiger partial charge in [-0.25, -0.2) is 19.9 Å². The van der Waals surface area contributed by atoms with Crippen molar-refractivity contribution in [2.75, 3.05) is 9.80 Å². The number of benzene rings is 9. The number of rotatable bonds is 10. The van der Waals surface area contributed by atoms with Crippen LogP contribution >= 0.6 is 0 Å². The van der Waals surface area contributed by atoms with Gasteiger partial charge in [0.2, 0.25) is 0 Å². The van der Waals surface area contributed by atoms with Gasteiger partial charge in [0.25, 0.3) is 0 Å². The Morgan fingerprint density at radius 3 is 0.970 bits per heavy atom. The number of fused-ring (bicyclic) bond motifs is 3. The molecule has 0 amide bonds. The predicted molar refractivity (Wildman–Crippen MR) is 271 cm³/mol. The standard InChI is InChI=1S/C60H40N6/c1-5-17-41(18-6-1)43-31-35-49(36-32-43)65(47-23-9-3-10-24-47)51-27-15-21-45(39-51)58-61-56-53-29-13-14-30-54(53)57-55(56)60(63-58)64-59(62-57)46-22-16-28-52(40-46)66(48-25-11-4-12-26-48)50-37-33-44(34-38-50)42-19-7-2-8-20-42/h1-40H. The van der Waals surface area contributed by atoms with E-state index in [9.17, 15) is 0 Å². The van der Waals surface area contributed by atoms with Gasteiger partial charge in [0.15, 0.2) is 17.3 Å². The van der Waals surface area contributed by atoms with Crippen LogP contribution < -0.4 is 9.80 Å². The van der Waals surface area contributed by atoms with Crippen molar-refractivity contribution in [3.63, 3.8) is 0 Å². The zero-order valence-electron chi connectivity index (χ0n) is 35.8. The van der Waals surface area contributed by atoms with Crippen molar-refractivity contribution >= 4 is 45.2 Å². The molecule has 0 unspecified atom stereocenters. The smallest absolute Gasteiger partial charge is 0.168 e. The SMILES string of the molecule is c1ccc(-c2ccc(N(c3ccccc3)c3cccc(-c4nc5c6c(nc(-c7cccc(N(c8ccccc8)c8ccc(-c9ccccc9)cc8)c7)nc6n4)-c4ccccc4-5)c3)cc2)cc1. The molecule has 0 saturated carbocycles. The Labute approximate surface area is 383 Å². The minimum absolute atomic E-state index is 0.599. The molecule has 11 aromatic rings. The van der Waals surface area contributed by atoms with Crippen LogP contribution in [0.4, 0.5) is 34.1 Å². The van der Waals surface area contributed by atoms with Crippen LogP contribution in [0.2, 0.25) is 0 Å². The molecule has 0 radical (unpaired) electrons. The summed E-state index contributed by atoms with van der Waals surface area (Å²) in [6, 6.07) is 84.6. The first-order valence-corrected chi connectivity index (χ1v) is 22.1. The van der Waals surface area contributed by atoms with E-state index in [2.05, 4.69) is 228 Å². The van der Waals surface area contributed by atoms with Crippen molar-refractivity contribution in [3.8, 4) is 67.5 Å². The number of para-hydroxylation sites is 2. The number of anilines is 6. The molecule has 0 spiro atoms. The topological polar surface area (TPSA) is 58.0 Å². The van der Waals surface area contributed by atoms with Gasteiger partial charge in [-0.2, -0.15) is 0 Å². The highest BCUT2D eigenvalue weighted by Gasteiger charge is 2.28. The number of nitrogens with zero attached hydrogens (tertiary/aromatic N) is 6. The van der Waals surface area contributed by atoms with Crippen LogP contribution in [0.5, 0.6) is 0 Å². The van der Waals surface area contributed by atoms with Crippen molar-refractivity contribution < 1.29 is 0 Å². The van der Waals surface area contributed by atoms with Crippen LogP contribution in [0.1, 0.15) is 0 Å². The monoisotopic (exact) mass is 844 g/mol. The number of hydrogen-bond acceptors (Lipinski definition) is 6. The largest absolute Gasteiger partial charge is 0.310 e. The first kappa shape index (κ1) is 38.7. The Balaban J connectivity index is 0.955. The van der Waals surface area contributed by atoms with E-state index in [0.717, 1.165) is 73.2 Å². The molecule has 0 N–H and O–H groups in total. The van der Waals surface area contributed by atoms with Crippen molar-refractivity contribution in [2.24, 2.45) is 0 Å². The van der Waals surface area contributed by atoms with Gasteiger partial charge in [-0.15, -0.1) is 0 Å². The van der Waals surface area contributed by atoms with Crippen LogP contribution in [0.25, 0.3) is 78.6 Å². The summed E-state index contributed by atoms with van der Waals surface area (Å²) < 4.78 is 0. The summed E-state index contributed by atoms with van der Waals surface area (Å²) in [4.78, 5) is 25.7. The maximum Gasteiger partial charge on any atom is 0.168 e. The zero-order valence-corrected chi connectivity index (χ0v) is 35.8. The van der Waals surface area contributed by atoms with E-state index in [1.54, 1.807) is 0 Å². The van der Waals surface area contributed by atoms with Gasteiger partial charge in [0, 0.05) is 56.4 Å². The van der Waals surface area contributed by atoms with Crippen LogP contribution in [0.3, 0.4) is 0 Å². The molecule has 0 atom stereocenters. The Kier molecular flexibility index (Phi) is 9.73. The third-order valence-corrected chi connectivity index (χ3v) is 12.2. The summed E-state index contributed by atoms with van der Waals surface area (Å²) in [7, 11) is 0. The molecular formula is C60H40N6. The van der Waals surface area contributed by atoms with Crippen LogP contribution in [0, 0.1) is 0 Å². The highest BCUT2D eigenvalue weighted by molar-refractivity contribution is 6.11. The summed E-state index contributed by atoms with van der Waals surface area (Å²) in [6.45, 7) is 0. The average molecular weight is 845 g/mol. The minimum Gasteiger partial charge on any atom is -0.310 e. The summed E-state index contributed by atoms with van der Waals surface area (Å²) in [6.07, 6.45) is 0. The van der Waals surface area contributed by atoms with Gasteiger partial charge < -0.3 is 9.80 Å². The lowest BCUT2D eigenvalue weighted by atomic mass is 10.0. The quantitative estimate of drug-likeness (QED) is 0.137. The molecule has 1 aliphatic rings. The lowest BCUT2D eigenvalue weighted by Crippen LogP contribution is -2.10.